The Balaban J connectivity index is 0.000000255. The number of allylic oxidation sites excluding steroid dienone is 1. The molecule has 1 rings (SSSR count). The molecule has 0 aromatic heterocycles. The lowest BCUT2D eigenvalue weighted by Crippen LogP contribution is -1.89. The Bertz CT molecular complexity index is 283. The van der Waals surface area contributed by atoms with Crippen molar-refractivity contribution in [3.63, 3.8) is 0 Å². The zero-order valence-electron chi connectivity index (χ0n) is 8.27. The van der Waals surface area contributed by atoms with Crippen LogP contribution in [0.15, 0.2) is 42.6 Å². The first-order valence-electron chi connectivity index (χ1n) is 3.97. The molecule has 14 heavy (non-hydrogen) atoms. The van der Waals surface area contributed by atoms with Gasteiger partial charge < -0.3 is 4.74 Å². The number of hydrogen-bond donors (Lipinski definition) is 0. The largest absolute Gasteiger partial charge is 0.497 e. The summed E-state index contributed by atoms with van der Waals surface area (Å²) in [6.45, 7) is 4.40. The predicted octanol–water partition coefficient (Wildman–Crippen LogP) is 2.49. The molecule has 0 fully saturated rings. The highest BCUT2D eigenvalue weighted by atomic mass is 16.6. The van der Waals surface area contributed by atoms with E-state index in [2.05, 4.69) is 6.58 Å². The van der Waals surface area contributed by atoms with Crippen LogP contribution in [0.3, 0.4) is 0 Å². The number of methoxy groups -OCH3 is 1. The van der Waals surface area contributed by atoms with Gasteiger partial charge in [0.05, 0.1) is 12.0 Å². The van der Waals surface area contributed by atoms with Crippen molar-refractivity contribution in [2.45, 2.75) is 6.92 Å². The van der Waals surface area contributed by atoms with Crippen LogP contribution >= 0.6 is 0 Å². The van der Waals surface area contributed by atoms with Crippen molar-refractivity contribution in [3.05, 3.63) is 52.7 Å². The van der Waals surface area contributed by atoms with Gasteiger partial charge in [-0.25, -0.2) is 0 Å². The molecule has 0 amide bonds. The van der Waals surface area contributed by atoms with Gasteiger partial charge in [-0.1, -0.05) is 18.2 Å². The van der Waals surface area contributed by atoms with Crippen LogP contribution in [0.25, 0.3) is 0 Å². The number of ether oxygens (including phenoxy) is 1. The van der Waals surface area contributed by atoms with E-state index in [-0.39, 0.29) is 5.70 Å². The molecule has 0 spiro atoms. The molecular weight excluding hydrogens is 182 g/mol. The summed E-state index contributed by atoms with van der Waals surface area (Å²) in [6, 6.07) is 9.68. The fraction of sp³-hybridized carbons (Fsp3) is 0.200. The van der Waals surface area contributed by atoms with Gasteiger partial charge in [0.2, 0.25) is 5.70 Å². The third-order valence-corrected chi connectivity index (χ3v) is 1.29. The minimum Gasteiger partial charge on any atom is -0.497 e. The molecule has 1 aromatic carbocycles. The van der Waals surface area contributed by atoms with Gasteiger partial charge in [0, 0.05) is 6.92 Å². The third-order valence-electron chi connectivity index (χ3n) is 1.29. The predicted molar refractivity (Wildman–Crippen MR) is 54.8 cm³/mol. The Morgan fingerprint density at radius 2 is 1.86 bits per heavy atom. The molecule has 0 radical (unpaired) electrons. The molecule has 0 aliphatic carbocycles. The zero-order chi connectivity index (χ0) is 11.0. The highest BCUT2D eigenvalue weighted by Gasteiger charge is 1.90. The van der Waals surface area contributed by atoms with E-state index in [1.54, 1.807) is 7.11 Å². The number of rotatable bonds is 2. The lowest BCUT2D eigenvalue weighted by molar-refractivity contribution is -0.423. The number of nitrogens with zero attached hydrogens (tertiary/aromatic N) is 1. The molecule has 0 atom stereocenters. The van der Waals surface area contributed by atoms with Crippen LogP contribution in [0, 0.1) is 10.1 Å². The summed E-state index contributed by atoms with van der Waals surface area (Å²) >= 11 is 0. The zero-order valence-corrected chi connectivity index (χ0v) is 8.27. The number of hydrogen-bond acceptors (Lipinski definition) is 3. The Morgan fingerprint density at radius 1 is 1.43 bits per heavy atom. The van der Waals surface area contributed by atoms with Crippen LogP contribution in [-0.2, 0) is 0 Å². The summed E-state index contributed by atoms with van der Waals surface area (Å²) in [7, 11) is 1.66. The monoisotopic (exact) mass is 195 g/mol. The van der Waals surface area contributed by atoms with Gasteiger partial charge in [0.25, 0.3) is 0 Å². The lowest BCUT2D eigenvalue weighted by Gasteiger charge is -1.93. The maximum atomic E-state index is 9.41. The number of nitro groups is 1. The smallest absolute Gasteiger partial charge is 0.236 e. The highest BCUT2D eigenvalue weighted by molar-refractivity contribution is 5.20. The summed E-state index contributed by atoms with van der Waals surface area (Å²) in [5, 5.41) is 9.41. The van der Waals surface area contributed by atoms with Crippen molar-refractivity contribution in [2.24, 2.45) is 0 Å². The van der Waals surface area contributed by atoms with Gasteiger partial charge in [-0.15, -0.1) is 0 Å². The first kappa shape index (κ1) is 12.2. The second-order valence-electron chi connectivity index (χ2n) is 2.51. The van der Waals surface area contributed by atoms with E-state index in [1.807, 2.05) is 30.3 Å². The fourth-order valence-electron chi connectivity index (χ4n) is 0.557. The summed E-state index contributed by atoms with van der Waals surface area (Å²) in [5.41, 5.74) is -0.0185. The molecular formula is C10H13NO3. The fourth-order valence-corrected chi connectivity index (χ4v) is 0.557. The lowest BCUT2D eigenvalue weighted by atomic mass is 10.3. The maximum absolute atomic E-state index is 9.41. The molecule has 0 bridgehead atoms. The van der Waals surface area contributed by atoms with E-state index >= 15 is 0 Å². The number of para-hydroxylation sites is 1. The molecule has 0 saturated heterocycles. The van der Waals surface area contributed by atoms with Crippen LogP contribution in [-0.4, -0.2) is 12.0 Å². The van der Waals surface area contributed by atoms with Crippen LogP contribution in [0.2, 0.25) is 0 Å². The average molecular weight is 195 g/mol. The van der Waals surface area contributed by atoms with Crippen LogP contribution in [0.4, 0.5) is 0 Å². The van der Waals surface area contributed by atoms with Gasteiger partial charge >= 0.3 is 0 Å². The van der Waals surface area contributed by atoms with Crippen molar-refractivity contribution < 1.29 is 9.66 Å². The van der Waals surface area contributed by atoms with Gasteiger partial charge in [0.1, 0.15) is 5.75 Å². The highest BCUT2D eigenvalue weighted by Crippen LogP contribution is 2.05. The molecule has 0 heterocycles. The van der Waals surface area contributed by atoms with Crippen LogP contribution in [0.1, 0.15) is 6.92 Å². The molecule has 0 unspecified atom stereocenters. The molecule has 4 nitrogen and oxygen atoms in total. The van der Waals surface area contributed by atoms with Crippen molar-refractivity contribution in [2.75, 3.05) is 7.11 Å². The third kappa shape index (κ3) is 5.77. The first-order chi connectivity index (χ1) is 6.57. The second-order valence-corrected chi connectivity index (χ2v) is 2.51. The Kier molecular flexibility index (Phi) is 5.78. The van der Waals surface area contributed by atoms with Gasteiger partial charge in [-0.3, -0.25) is 10.1 Å². The van der Waals surface area contributed by atoms with Gasteiger partial charge in [-0.2, -0.15) is 0 Å². The van der Waals surface area contributed by atoms with Crippen LogP contribution < -0.4 is 4.74 Å². The van der Waals surface area contributed by atoms with Crippen molar-refractivity contribution >= 4 is 0 Å². The molecule has 0 saturated carbocycles. The normalized spacial score (nSPS) is 8.14. The molecule has 4 heteroatoms. The minimum absolute atomic E-state index is 0.0185. The first-order valence-corrected chi connectivity index (χ1v) is 3.97. The Hall–Kier alpha value is -1.84. The van der Waals surface area contributed by atoms with E-state index in [0.717, 1.165) is 5.75 Å². The topological polar surface area (TPSA) is 52.4 Å². The Morgan fingerprint density at radius 3 is 2.07 bits per heavy atom. The molecule has 0 aliphatic heterocycles. The molecule has 76 valence electrons. The Labute approximate surface area is 83.0 Å². The van der Waals surface area contributed by atoms with E-state index < -0.39 is 4.92 Å². The van der Waals surface area contributed by atoms with E-state index in [4.69, 9.17) is 4.74 Å². The quantitative estimate of drug-likeness (QED) is 0.538. The molecule has 0 aliphatic rings. The summed E-state index contributed by atoms with van der Waals surface area (Å²) in [6.07, 6.45) is 0. The van der Waals surface area contributed by atoms with E-state index in [9.17, 15) is 10.1 Å². The minimum atomic E-state index is -0.528. The van der Waals surface area contributed by atoms with E-state index in [1.165, 1.54) is 6.92 Å². The molecule has 1 aromatic rings. The van der Waals surface area contributed by atoms with Gasteiger partial charge in [0.15, 0.2) is 0 Å². The summed E-state index contributed by atoms with van der Waals surface area (Å²) < 4.78 is 4.91. The summed E-state index contributed by atoms with van der Waals surface area (Å²) in [5.74, 6) is 0.910. The van der Waals surface area contributed by atoms with Gasteiger partial charge in [-0.05, 0) is 18.7 Å². The number of benzene rings is 1. The average Bonchev–Trinajstić information content (AvgIpc) is 2.20. The summed E-state index contributed by atoms with van der Waals surface area (Å²) in [4.78, 5) is 8.88. The van der Waals surface area contributed by atoms with Crippen LogP contribution in [0.5, 0.6) is 5.75 Å². The standard InChI is InChI=1S/C7H8O.C3H5NO2/c1-8-7-5-3-2-4-6-7;1-3(2)4(5)6/h2-6H,1H3;1H2,2H3. The van der Waals surface area contributed by atoms with Crippen molar-refractivity contribution in [1.82, 2.24) is 0 Å². The van der Waals surface area contributed by atoms with Crippen molar-refractivity contribution in [3.8, 4) is 5.75 Å². The van der Waals surface area contributed by atoms with E-state index in [0.29, 0.717) is 0 Å². The molecule has 0 N–H and O–H groups in total. The van der Waals surface area contributed by atoms with Crippen molar-refractivity contribution in [1.29, 1.82) is 0 Å². The second kappa shape index (κ2) is 6.65. The SMILES string of the molecule is C=C(C)[N+](=O)[O-].COc1ccccc1. The maximum Gasteiger partial charge on any atom is 0.236 e.